The highest BCUT2D eigenvalue weighted by Gasteiger charge is 2.20. The Morgan fingerprint density at radius 2 is 1.69 bits per heavy atom. The maximum absolute atomic E-state index is 13.6. The third kappa shape index (κ3) is 3.70. The van der Waals surface area contributed by atoms with Crippen LogP contribution in [0.15, 0.2) is 87.2 Å². The Balaban J connectivity index is 1.47. The molecule has 3 aromatic carbocycles. The monoisotopic (exact) mass is 493 g/mol. The summed E-state index contributed by atoms with van der Waals surface area (Å²) in [6.45, 7) is 5.93. The Morgan fingerprint density at radius 3 is 2.53 bits per heavy atom. The Bertz CT molecular complexity index is 1800. The van der Waals surface area contributed by atoms with E-state index in [0.717, 1.165) is 39.3 Å². The Hall–Kier alpha value is -4.17. The lowest BCUT2D eigenvalue weighted by Crippen LogP contribution is -2.22. The van der Waals surface area contributed by atoms with Gasteiger partial charge in [0.05, 0.1) is 22.3 Å². The van der Waals surface area contributed by atoms with Crippen LogP contribution in [0.1, 0.15) is 22.6 Å². The summed E-state index contributed by atoms with van der Waals surface area (Å²) in [5, 5.41) is 10.3. The molecule has 8 heteroatoms. The van der Waals surface area contributed by atoms with E-state index in [1.54, 1.807) is 4.57 Å². The van der Waals surface area contributed by atoms with Gasteiger partial charge >= 0.3 is 0 Å². The van der Waals surface area contributed by atoms with Crippen molar-refractivity contribution in [1.29, 1.82) is 0 Å². The summed E-state index contributed by atoms with van der Waals surface area (Å²) < 4.78 is 9.55. The van der Waals surface area contributed by atoms with Crippen molar-refractivity contribution in [1.82, 2.24) is 24.1 Å². The molecule has 7 nitrogen and oxygen atoms in total. The van der Waals surface area contributed by atoms with E-state index >= 15 is 0 Å². The number of hydrogen-bond acceptors (Lipinski definition) is 6. The summed E-state index contributed by atoms with van der Waals surface area (Å²) in [7, 11) is 0. The van der Waals surface area contributed by atoms with Crippen LogP contribution in [0.5, 0.6) is 0 Å². The van der Waals surface area contributed by atoms with E-state index < -0.39 is 0 Å². The molecule has 0 saturated carbocycles. The van der Waals surface area contributed by atoms with Crippen LogP contribution in [-0.2, 0) is 5.75 Å². The van der Waals surface area contributed by atoms with Crippen molar-refractivity contribution in [3.63, 3.8) is 0 Å². The minimum absolute atomic E-state index is 0.115. The number of para-hydroxylation sites is 1. The summed E-state index contributed by atoms with van der Waals surface area (Å²) in [6, 6.07) is 23.5. The zero-order chi connectivity index (χ0) is 24.8. The molecule has 0 amide bonds. The molecular weight excluding hydrogens is 470 g/mol. The molecule has 6 aromatic rings. The van der Waals surface area contributed by atoms with Crippen LogP contribution >= 0.6 is 11.8 Å². The number of oxazole rings is 1. The van der Waals surface area contributed by atoms with E-state index in [0.29, 0.717) is 28.0 Å². The fourth-order valence-electron chi connectivity index (χ4n) is 4.35. The molecule has 0 N–H and O–H groups in total. The average molecular weight is 494 g/mol. The molecule has 6 rings (SSSR count). The topological polar surface area (TPSA) is 78.2 Å². The van der Waals surface area contributed by atoms with E-state index in [4.69, 9.17) is 9.40 Å². The Kier molecular flexibility index (Phi) is 5.45. The van der Waals surface area contributed by atoms with Crippen molar-refractivity contribution in [3.05, 3.63) is 106 Å². The van der Waals surface area contributed by atoms with Crippen molar-refractivity contribution < 1.29 is 4.42 Å². The van der Waals surface area contributed by atoms with Gasteiger partial charge in [-0.3, -0.25) is 9.20 Å². The highest BCUT2D eigenvalue weighted by atomic mass is 32.2. The summed E-state index contributed by atoms with van der Waals surface area (Å²) in [5.41, 5.74) is 5.31. The molecule has 0 aliphatic heterocycles. The summed E-state index contributed by atoms with van der Waals surface area (Å²) >= 11 is 1.52. The predicted molar refractivity (Wildman–Crippen MR) is 142 cm³/mol. The molecule has 0 unspecified atom stereocenters. The van der Waals surface area contributed by atoms with Crippen molar-refractivity contribution in [2.45, 2.75) is 31.7 Å². The van der Waals surface area contributed by atoms with Crippen LogP contribution in [0, 0.1) is 20.8 Å². The number of nitrogens with zero attached hydrogens (tertiary/aromatic N) is 5. The molecule has 0 spiro atoms. The van der Waals surface area contributed by atoms with Gasteiger partial charge in [-0.15, -0.1) is 10.2 Å². The van der Waals surface area contributed by atoms with Gasteiger partial charge in [0.1, 0.15) is 5.76 Å². The van der Waals surface area contributed by atoms with Crippen LogP contribution in [0.25, 0.3) is 33.8 Å². The number of rotatable bonds is 5. The number of thioether (sulfide) groups is 1. The summed E-state index contributed by atoms with van der Waals surface area (Å²) in [6.07, 6.45) is 0. The summed E-state index contributed by atoms with van der Waals surface area (Å²) in [4.78, 5) is 18.4. The van der Waals surface area contributed by atoms with Gasteiger partial charge in [-0.25, -0.2) is 9.55 Å². The predicted octanol–water partition coefficient (Wildman–Crippen LogP) is 5.91. The van der Waals surface area contributed by atoms with Crippen LogP contribution in [0.2, 0.25) is 0 Å². The highest BCUT2D eigenvalue weighted by molar-refractivity contribution is 7.98. The molecule has 0 saturated heterocycles. The minimum Gasteiger partial charge on any atom is -0.441 e. The molecule has 0 atom stereocenters. The lowest BCUT2D eigenvalue weighted by atomic mass is 10.1. The average Bonchev–Trinajstić information content (AvgIpc) is 3.49. The first-order chi connectivity index (χ1) is 17.5. The Labute approximate surface area is 211 Å². The van der Waals surface area contributed by atoms with E-state index in [-0.39, 0.29) is 5.56 Å². The van der Waals surface area contributed by atoms with Crippen molar-refractivity contribution in [3.8, 4) is 17.1 Å². The number of benzene rings is 3. The maximum atomic E-state index is 13.6. The van der Waals surface area contributed by atoms with Crippen molar-refractivity contribution in [2.24, 2.45) is 0 Å². The van der Waals surface area contributed by atoms with Gasteiger partial charge < -0.3 is 4.42 Å². The van der Waals surface area contributed by atoms with Gasteiger partial charge in [0, 0.05) is 11.3 Å². The van der Waals surface area contributed by atoms with Gasteiger partial charge in [-0.05, 0) is 62.2 Å². The zero-order valence-electron chi connectivity index (χ0n) is 20.1. The fraction of sp³-hybridized carbons (Fsp3) is 0.143. The first kappa shape index (κ1) is 22.3. The van der Waals surface area contributed by atoms with Gasteiger partial charge in [0.25, 0.3) is 5.56 Å². The van der Waals surface area contributed by atoms with Gasteiger partial charge in [0.2, 0.25) is 11.7 Å². The molecule has 0 fully saturated rings. The first-order valence-corrected chi connectivity index (χ1v) is 12.6. The standard InChI is InChI=1S/C28H23N5O2S/c1-17-13-14-18(2)24(15-17)32-26(34)21-11-7-8-12-23(21)33-27(32)30-31-28(33)36-16-22-19(3)35-25(29-22)20-9-5-4-6-10-20/h4-15H,16H2,1-3H3. The SMILES string of the molecule is Cc1ccc(C)c(-n2c(=O)c3ccccc3n3c(SCc4nc(-c5ccccc5)oc4C)nnc23)c1. The van der Waals surface area contributed by atoms with E-state index in [2.05, 4.69) is 10.2 Å². The molecule has 36 heavy (non-hydrogen) atoms. The van der Waals surface area contributed by atoms with E-state index in [1.807, 2.05) is 98.0 Å². The van der Waals surface area contributed by atoms with Crippen molar-refractivity contribution in [2.75, 3.05) is 0 Å². The fourth-order valence-corrected chi connectivity index (χ4v) is 5.29. The second-order valence-corrected chi connectivity index (χ2v) is 9.68. The third-order valence-corrected chi connectivity index (χ3v) is 7.19. The lowest BCUT2D eigenvalue weighted by Gasteiger charge is -2.14. The van der Waals surface area contributed by atoms with Gasteiger partial charge in [0.15, 0.2) is 5.16 Å². The molecule has 0 radical (unpaired) electrons. The Morgan fingerprint density at radius 1 is 0.917 bits per heavy atom. The first-order valence-electron chi connectivity index (χ1n) is 11.6. The van der Waals surface area contributed by atoms with Gasteiger partial charge in [-0.1, -0.05) is 54.2 Å². The zero-order valence-corrected chi connectivity index (χ0v) is 20.9. The second-order valence-electron chi connectivity index (χ2n) is 8.74. The van der Waals surface area contributed by atoms with Crippen LogP contribution in [0.4, 0.5) is 0 Å². The number of fused-ring (bicyclic) bond motifs is 3. The largest absolute Gasteiger partial charge is 0.441 e. The molecule has 0 aliphatic carbocycles. The highest BCUT2D eigenvalue weighted by Crippen LogP contribution is 2.29. The molecule has 178 valence electrons. The number of hydrogen-bond donors (Lipinski definition) is 0. The quantitative estimate of drug-likeness (QED) is 0.278. The van der Waals surface area contributed by atoms with E-state index in [1.165, 1.54) is 11.8 Å². The van der Waals surface area contributed by atoms with Crippen molar-refractivity contribution >= 4 is 28.4 Å². The molecule has 0 bridgehead atoms. The molecule has 3 aromatic heterocycles. The van der Waals surface area contributed by atoms with E-state index in [9.17, 15) is 4.79 Å². The second kappa shape index (κ2) is 8.80. The van der Waals surface area contributed by atoms with Crippen LogP contribution < -0.4 is 5.56 Å². The third-order valence-electron chi connectivity index (χ3n) is 6.25. The number of aryl methyl sites for hydroxylation is 3. The molecule has 3 heterocycles. The van der Waals surface area contributed by atoms with Crippen LogP contribution in [-0.4, -0.2) is 24.1 Å². The lowest BCUT2D eigenvalue weighted by molar-refractivity contribution is 0.540. The summed E-state index contributed by atoms with van der Waals surface area (Å²) in [5.74, 6) is 2.41. The molecule has 0 aliphatic rings. The minimum atomic E-state index is -0.115. The molecular formula is C28H23N5O2S. The maximum Gasteiger partial charge on any atom is 0.267 e. The number of aromatic nitrogens is 5. The van der Waals surface area contributed by atoms with Crippen LogP contribution in [0.3, 0.4) is 0 Å². The smallest absolute Gasteiger partial charge is 0.267 e. The normalized spacial score (nSPS) is 11.5. The van der Waals surface area contributed by atoms with Gasteiger partial charge in [-0.2, -0.15) is 0 Å².